The molecular formula is C20H17N3O4. The summed E-state index contributed by atoms with van der Waals surface area (Å²) < 4.78 is 10.7. The summed E-state index contributed by atoms with van der Waals surface area (Å²) in [5.41, 5.74) is 1.19. The third-order valence-electron chi connectivity index (χ3n) is 3.46. The van der Waals surface area contributed by atoms with E-state index in [1.807, 2.05) is 30.3 Å². The van der Waals surface area contributed by atoms with Gasteiger partial charge in [-0.25, -0.2) is 9.78 Å². The Morgan fingerprint density at radius 2 is 1.70 bits per heavy atom. The summed E-state index contributed by atoms with van der Waals surface area (Å²) in [6.07, 6.45) is 2.76. The zero-order valence-electron chi connectivity index (χ0n) is 14.6. The minimum absolute atomic E-state index is 0.0428. The lowest BCUT2D eigenvalue weighted by molar-refractivity contribution is -0.119. The number of anilines is 1. The van der Waals surface area contributed by atoms with E-state index in [9.17, 15) is 9.59 Å². The maximum Gasteiger partial charge on any atom is 0.359 e. The van der Waals surface area contributed by atoms with Crippen LogP contribution in [0, 0.1) is 6.92 Å². The van der Waals surface area contributed by atoms with E-state index >= 15 is 0 Å². The molecule has 27 heavy (non-hydrogen) atoms. The van der Waals surface area contributed by atoms with Crippen LogP contribution in [0.3, 0.4) is 0 Å². The molecule has 0 saturated carbocycles. The molecule has 1 aromatic heterocycles. The Bertz CT molecular complexity index is 927. The zero-order chi connectivity index (χ0) is 19.1. The molecule has 0 unspecified atom stereocenters. The third-order valence-corrected chi connectivity index (χ3v) is 3.46. The van der Waals surface area contributed by atoms with Crippen molar-refractivity contribution in [3.63, 3.8) is 0 Å². The lowest BCUT2D eigenvalue weighted by atomic mass is 10.3. The van der Waals surface area contributed by atoms with Crippen LogP contribution in [0.25, 0.3) is 0 Å². The van der Waals surface area contributed by atoms with Crippen LogP contribution in [0.1, 0.15) is 16.2 Å². The Morgan fingerprint density at radius 3 is 2.44 bits per heavy atom. The molecule has 0 aliphatic carbocycles. The number of rotatable bonds is 6. The van der Waals surface area contributed by atoms with Crippen molar-refractivity contribution in [3.05, 3.63) is 78.4 Å². The Hall–Kier alpha value is -3.74. The number of aryl methyl sites for hydroxylation is 1. The van der Waals surface area contributed by atoms with Gasteiger partial charge in [-0.3, -0.25) is 9.78 Å². The molecule has 1 N–H and O–H groups in total. The number of para-hydroxylation sites is 3. The van der Waals surface area contributed by atoms with Gasteiger partial charge in [-0.1, -0.05) is 30.3 Å². The minimum Gasteiger partial charge on any atom is -0.455 e. The van der Waals surface area contributed by atoms with E-state index in [1.165, 1.54) is 12.4 Å². The molecule has 0 spiro atoms. The van der Waals surface area contributed by atoms with E-state index in [2.05, 4.69) is 15.3 Å². The number of amides is 1. The molecule has 0 saturated heterocycles. The summed E-state index contributed by atoms with van der Waals surface area (Å²) in [4.78, 5) is 31.9. The normalized spacial score (nSPS) is 10.1. The smallest absolute Gasteiger partial charge is 0.359 e. The fourth-order valence-corrected chi connectivity index (χ4v) is 2.16. The van der Waals surface area contributed by atoms with Gasteiger partial charge >= 0.3 is 5.97 Å². The highest BCUT2D eigenvalue weighted by molar-refractivity contribution is 5.95. The van der Waals surface area contributed by atoms with Gasteiger partial charge in [0, 0.05) is 6.20 Å². The first kappa shape index (κ1) is 18.1. The van der Waals surface area contributed by atoms with Gasteiger partial charge in [0.2, 0.25) is 0 Å². The number of carbonyl (C=O) groups is 2. The van der Waals surface area contributed by atoms with E-state index in [0.717, 1.165) is 0 Å². The SMILES string of the molecule is Cc1cnc(C(=O)OCC(=O)Nc2ccccc2Oc2ccccc2)cn1. The van der Waals surface area contributed by atoms with Gasteiger partial charge in [-0.2, -0.15) is 0 Å². The molecule has 136 valence electrons. The van der Waals surface area contributed by atoms with Gasteiger partial charge in [-0.05, 0) is 31.2 Å². The van der Waals surface area contributed by atoms with Gasteiger partial charge in [0.05, 0.1) is 17.6 Å². The van der Waals surface area contributed by atoms with E-state index < -0.39 is 18.5 Å². The summed E-state index contributed by atoms with van der Waals surface area (Å²) in [6.45, 7) is 1.30. The first-order valence-electron chi connectivity index (χ1n) is 8.19. The van der Waals surface area contributed by atoms with Crippen LogP contribution in [-0.4, -0.2) is 28.5 Å². The molecule has 1 heterocycles. The second kappa shape index (κ2) is 8.57. The van der Waals surface area contributed by atoms with Gasteiger partial charge in [-0.15, -0.1) is 0 Å². The van der Waals surface area contributed by atoms with E-state index in [-0.39, 0.29) is 5.69 Å². The van der Waals surface area contributed by atoms with Gasteiger partial charge in [0.1, 0.15) is 5.75 Å². The number of nitrogens with one attached hydrogen (secondary N) is 1. The number of hydrogen-bond acceptors (Lipinski definition) is 6. The van der Waals surface area contributed by atoms with Crippen molar-refractivity contribution in [2.24, 2.45) is 0 Å². The summed E-state index contributed by atoms with van der Waals surface area (Å²) >= 11 is 0. The summed E-state index contributed by atoms with van der Waals surface area (Å²) in [6, 6.07) is 16.2. The van der Waals surface area contributed by atoms with Crippen molar-refractivity contribution in [2.75, 3.05) is 11.9 Å². The highest BCUT2D eigenvalue weighted by Gasteiger charge is 2.13. The molecule has 0 radical (unpaired) electrons. The highest BCUT2D eigenvalue weighted by atomic mass is 16.5. The van der Waals surface area contributed by atoms with E-state index in [4.69, 9.17) is 9.47 Å². The monoisotopic (exact) mass is 363 g/mol. The highest BCUT2D eigenvalue weighted by Crippen LogP contribution is 2.28. The average Bonchev–Trinajstić information content (AvgIpc) is 2.69. The maximum atomic E-state index is 12.1. The van der Waals surface area contributed by atoms with Crippen LogP contribution < -0.4 is 10.1 Å². The molecule has 1 amide bonds. The summed E-state index contributed by atoms with van der Waals surface area (Å²) in [5, 5.41) is 2.67. The Labute approximate surface area is 156 Å². The van der Waals surface area contributed by atoms with E-state index in [0.29, 0.717) is 22.9 Å². The van der Waals surface area contributed by atoms with Gasteiger partial charge < -0.3 is 14.8 Å². The molecule has 3 rings (SSSR count). The molecular weight excluding hydrogens is 346 g/mol. The zero-order valence-corrected chi connectivity index (χ0v) is 14.6. The van der Waals surface area contributed by atoms with Crippen LogP contribution in [0.2, 0.25) is 0 Å². The topological polar surface area (TPSA) is 90.4 Å². The predicted octanol–water partition coefficient (Wildman–Crippen LogP) is 3.37. The number of ether oxygens (including phenoxy) is 2. The minimum atomic E-state index is -0.716. The van der Waals surface area contributed by atoms with Crippen LogP contribution in [0.15, 0.2) is 67.0 Å². The predicted molar refractivity (Wildman–Crippen MR) is 98.6 cm³/mol. The quantitative estimate of drug-likeness (QED) is 0.675. The molecule has 7 nitrogen and oxygen atoms in total. The lowest BCUT2D eigenvalue weighted by Gasteiger charge is -2.12. The summed E-state index contributed by atoms with van der Waals surface area (Å²) in [7, 11) is 0. The van der Waals surface area contributed by atoms with Crippen molar-refractivity contribution in [3.8, 4) is 11.5 Å². The number of hydrogen-bond donors (Lipinski definition) is 1. The molecule has 7 heteroatoms. The van der Waals surface area contributed by atoms with Crippen LogP contribution >= 0.6 is 0 Å². The van der Waals surface area contributed by atoms with Crippen LogP contribution in [0.5, 0.6) is 11.5 Å². The molecule has 0 aliphatic rings. The van der Waals surface area contributed by atoms with Crippen LogP contribution in [-0.2, 0) is 9.53 Å². The molecule has 0 bridgehead atoms. The standard InChI is InChI=1S/C20H17N3O4/c1-14-11-22-17(12-21-14)20(25)26-13-19(24)23-16-9-5-6-10-18(16)27-15-7-3-2-4-8-15/h2-12H,13H2,1H3,(H,23,24). The summed E-state index contributed by atoms with van der Waals surface area (Å²) in [5.74, 6) is -0.0876. The number of benzene rings is 2. The number of aromatic nitrogens is 2. The Morgan fingerprint density at radius 1 is 0.963 bits per heavy atom. The Balaban J connectivity index is 1.59. The third kappa shape index (κ3) is 5.12. The largest absolute Gasteiger partial charge is 0.455 e. The molecule has 0 atom stereocenters. The van der Waals surface area contributed by atoms with Gasteiger partial charge in [0.25, 0.3) is 5.91 Å². The van der Waals surface area contributed by atoms with Crippen molar-refractivity contribution >= 4 is 17.6 Å². The fraction of sp³-hybridized carbons (Fsp3) is 0.100. The molecule has 0 aliphatic heterocycles. The van der Waals surface area contributed by atoms with Crippen molar-refractivity contribution in [2.45, 2.75) is 6.92 Å². The van der Waals surface area contributed by atoms with Crippen LogP contribution in [0.4, 0.5) is 5.69 Å². The number of nitrogens with zero attached hydrogens (tertiary/aromatic N) is 2. The second-order valence-corrected chi connectivity index (χ2v) is 5.58. The van der Waals surface area contributed by atoms with Crippen molar-refractivity contribution < 1.29 is 19.1 Å². The molecule has 3 aromatic rings. The first-order chi connectivity index (χ1) is 13.1. The average molecular weight is 363 g/mol. The van der Waals surface area contributed by atoms with E-state index in [1.54, 1.807) is 31.2 Å². The van der Waals surface area contributed by atoms with Crippen molar-refractivity contribution in [1.29, 1.82) is 0 Å². The number of esters is 1. The lowest BCUT2D eigenvalue weighted by Crippen LogP contribution is -2.21. The molecule has 0 fully saturated rings. The van der Waals surface area contributed by atoms with Crippen molar-refractivity contribution in [1.82, 2.24) is 9.97 Å². The fourth-order valence-electron chi connectivity index (χ4n) is 2.16. The maximum absolute atomic E-state index is 12.1. The second-order valence-electron chi connectivity index (χ2n) is 5.58. The number of carbonyl (C=O) groups excluding carboxylic acids is 2. The van der Waals surface area contributed by atoms with Gasteiger partial charge in [0.15, 0.2) is 18.1 Å². The Kier molecular flexibility index (Phi) is 5.73. The first-order valence-corrected chi connectivity index (χ1v) is 8.19. The molecule has 2 aromatic carbocycles.